The van der Waals surface area contributed by atoms with Crippen molar-refractivity contribution in [2.24, 2.45) is 0 Å². The minimum Gasteiger partial charge on any atom is -0.456 e. The minimum atomic E-state index is 0.865. The fourth-order valence-corrected chi connectivity index (χ4v) is 9.50. The summed E-state index contributed by atoms with van der Waals surface area (Å²) in [4.78, 5) is 7.10. The van der Waals surface area contributed by atoms with Gasteiger partial charge in [0.2, 0.25) is 0 Å². The summed E-state index contributed by atoms with van der Waals surface area (Å²) in [5, 5.41) is 4.62. The number of hydrogen-bond acceptors (Lipinski definition) is 5. The Balaban J connectivity index is 1.18. The molecule has 11 aromatic rings. The molecule has 0 bridgehead atoms. The maximum Gasteiger partial charge on any atom is 0.137 e. The zero-order valence-corrected chi connectivity index (χ0v) is 32.8. The van der Waals surface area contributed by atoms with Crippen LogP contribution in [0.4, 0.5) is 51.2 Å². The van der Waals surface area contributed by atoms with Gasteiger partial charge in [0.15, 0.2) is 0 Å². The lowest BCUT2D eigenvalue weighted by atomic mass is 10.0. The normalized spacial score (nSPS) is 11.4. The molecule has 0 radical (unpaired) electrons. The number of nitrogens with zero attached hydrogens (tertiary/aromatic N) is 3. The number of thiophene rings is 1. The Labute approximate surface area is 346 Å². The molecule has 280 valence electrons. The van der Waals surface area contributed by atoms with Crippen LogP contribution in [0.15, 0.2) is 229 Å². The van der Waals surface area contributed by atoms with Crippen LogP contribution in [0.1, 0.15) is 0 Å². The fourth-order valence-electron chi connectivity index (χ4n) is 8.36. The van der Waals surface area contributed by atoms with Crippen molar-refractivity contribution in [1.29, 1.82) is 0 Å². The van der Waals surface area contributed by atoms with Crippen molar-refractivity contribution in [1.82, 2.24) is 0 Å². The van der Waals surface area contributed by atoms with Gasteiger partial charge in [-0.15, -0.1) is 11.3 Å². The molecule has 0 atom stereocenters. The number of para-hydroxylation sites is 6. The molecule has 5 heteroatoms. The molecule has 0 fully saturated rings. The smallest absolute Gasteiger partial charge is 0.137 e. The fraction of sp³-hybridized carbons (Fsp3) is 0. The molecule has 0 spiro atoms. The van der Waals surface area contributed by atoms with Crippen LogP contribution in [0.5, 0.6) is 0 Å². The van der Waals surface area contributed by atoms with Gasteiger partial charge < -0.3 is 19.1 Å². The second-order valence-corrected chi connectivity index (χ2v) is 15.7. The van der Waals surface area contributed by atoms with E-state index in [1.807, 2.05) is 23.5 Å². The Morgan fingerprint density at radius 2 is 0.746 bits per heavy atom. The lowest BCUT2D eigenvalue weighted by molar-refractivity contribution is 0.669. The number of fused-ring (bicyclic) bond motifs is 6. The molecule has 59 heavy (non-hydrogen) atoms. The molecule has 2 heterocycles. The van der Waals surface area contributed by atoms with Crippen molar-refractivity contribution in [3.05, 3.63) is 224 Å². The van der Waals surface area contributed by atoms with E-state index < -0.39 is 0 Å². The highest BCUT2D eigenvalue weighted by molar-refractivity contribution is 7.26. The molecule has 4 nitrogen and oxygen atoms in total. The van der Waals surface area contributed by atoms with E-state index in [2.05, 4.69) is 227 Å². The maximum atomic E-state index is 6.42. The zero-order chi connectivity index (χ0) is 39.1. The van der Waals surface area contributed by atoms with E-state index in [1.165, 1.54) is 20.2 Å². The Hall–Kier alpha value is -7.60. The Bertz CT molecular complexity index is 3140. The predicted octanol–water partition coefficient (Wildman–Crippen LogP) is 16.4. The number of benzene rings is 9. The summed E-state index contributed by atoms with van der Waals surface area (Å²) in [5.41, 5.74) is 11.5. The third-order valence-electron chi connectivity index (χ3n) is 11.0. The number of rotatable bonds is 9. The van der Waals surface area contributed by atoms with E-state index in [4.69, 9.17) is 4.42 Å². The summed E-state index contributed by atoms with van der Waals surface area (Å²) < 4.78 is 8.84. The first-order valence-electron chi connectivity index (χ1n) is 19.8. The van der Waals surface area contributed by atoms with Crippen molar-refractivity contribution in [3.8, 4) is 0 Å². The van der Waals surface area contributed by atoms with Gasteiger partial charge in [0.1, 0.15) is 11.2 Å². The first-order chi connectivity index (χ1) is 29.3. The van der Waals surface area contributed by atoms with Crippen LogP contribution >= 0.6 is 11.3 Å². The van der Waals surface area contributed by atoms with E-state index in [-0.39, 0.29) is 0 Å². The molecule has 0 saturated heterocycles. The lowest BCUT2D eigenvalue weighted by Crippen LogP contribution is -2.13. The molecular weight excluding hydrogens is 739 g/mol. The summed E-state index contributed by atoms with van der Waals surface area (Å²) in [6.45, 7) is 0. The van der Waals surface area contributed by atoms with Gasteiger partial charge in [-0.2, -0.15) is 0 Å². The molecule has 0 N–H and O–H groups in total. The van der Waals surface area contributed by atoms with E-state index in [0.717, 1.165) is 73.1 Å². The molecule has 0 aliphatic carbocycles. The Morgan fingerprint density at radius 1 is 0.288 bits per heavy atom. The second-order valence-electron chi connectivity index (χ2n) is 14.6. The largest absolute Gasteiger partial charge is 0.456 e. The van der Waals surface area contributed by atoms with Crippen LogP contribution in [-0.4, -0.2) is 0 Å². The molecular formula is C54H37N3OS. The third kappa shape index (κ3) is 6.25. The van der Waals surface area contributed by atoms with Crippen molar-refractivity contribution in [3.63, 3.8) is 0 Å². The van der Waals surface area contributed by atoms with Crippen molar-refractivity contribution in [2.75, 3.05) is 14.7 Å². The number of hydrogen-bond donors (Lipinski definition) is 0. The van der Waals surface area contributed by atoms with E-state index in [1.54, 1.807) is 0 Å². The van der Waals surface area contributed by atoms with Gasteiger partial charge in [0.25, 0.3) is 0 Å². The summed E-state index contributed by atoms with van der Waals surface area (Å²) in [6, 6.07) is 79.8. The van der Waals surface area contributed by atoms with Crippen LogP contribution in [0.3, 0.4) is 0 Å². The third-order valence-corrected chi connectivity index (χ3v) is 12.1. The molecule has 0 aliphatic rings. The van der Waals surface area contributed by atoms with Crippen molar-refractivity contribution in [2.45, 2.75) is 0 Å². The molecule has 0 amide bonds. The predicted molar refractivity (Wildman–Crippen MR) is 251 cm³/mol. The molecule has 11 rings (SSSR count). The van der Waals surface area contributed by atoms with Crippen LogP contribution in [0.25, 0.3) is 42.1 Å². The van der Waals surface area contributed by atoms with Gasteiger partial charge in [-0.3, -0.25) is 0 Å². The summed E-state index contributed by atoms with van der Waals surface area (Å²) in [7, 11) is 0. The first-order valence-corrected chi connectivity index (χ1v) is 20.7. The Kier molecular flexibility index (Phi) is 8.64. The maximum absolute atomic E-state index is 6.42. The summed E-state index contributed by atoms with van der Waals surface area (Å²) >= 11 is 1.84. The molecule has 0 unspecified atom stereocenters. The van der Waals surface area contributed by atoms with Crippen LogP contribution < -0.4 is 14.7 Å². The average Bonchev–Trinajstić information content (AvgIpc) is 3.86. The quantitative estimate of drug-likeness (QED) is 0.146. The van der Waals surface area contributed by atoms with Gasteiger partial charge in [0, 0.05) is 82.5 Å². The average molecular weight is 776 g/mol. The van der Waals surface area contributed by atoms with Crippen molar-refractivity contribution >= 4 is 105 Å². The van der Waals surface area contributed by atoms with Gasteiger partial charge in [-0.25, -0.2) is 0 Å². The first kappa shape index (κ1) is 34.6. The van der Waals surface area contributed by atoms with Gasteiger partial charge in [-0.1, -0.05) is 109 Å². The van der Waals surface area contributed by atoms with Crippen LogP contribution in [0.2, 0.25) is 0 Å². The number of anilines is 9. The summed E-state index contributed by atoms with van der Waals surface area (Å²) in [5.74, 6) is 0. The lowest BCUT2D eigenvalue weighted by Gasteiger charge is -2.30. The van der Waals surface area contributed by atoms with E-state index >= 15 is 0 Å². The van der Waals surface area contributed by atoms with Gasteiger partial charge in [-0.05, 0) is 109 Å². The second kappa shape index (κ2) is 14.7. The van der Waals surface area contributed by atoms with Crippen LogP contribution in [-0.2, 0) is 0 Å². The zero-order valence-electron chi connectivity index (χ0n) is 32.0. The van der Waals surface area contributed by atoms with Gasteiger partial charge >= 0.3 is 0 Å². The molecule has 9 aromatic carbocycles. The molecule has 0 aliphatic heterocycles. The van der Waals surface area contributed by atoms with Crippen LogP contribution in [0, 0.1) is 0 Å². The molecule has 2 aromatic heterocycles. The van der Waals surface area contributed by atoms with E-state index in [9.17, 15) is 0 Å². The highest BCUT2D eigenvalue weighted by atomic mass is 32.1. The monoisotopic (exact) mass is 775 g/mol. The SMILES string of the molecule is c1ccc(N(c2ccccc2)c2cc(N(c3ccccc3)c3ccccc3)c3c(c2)sc2ccc(N(c4ccccc4)c4ccc5c(c4)oc4ccccc45)cc23)cc1. The Morgan fingerprint density at radius 3 is 1.32 bits per heavy atom. The highest BCUT2D eigenvalue weighted by Crippen LogP contribution is 2.50. The van der Waals surface area contributed by atoms with Crippen molar-refractivity contribution < 1.29 is 4.42 Å². The summed E-state index contributed by atoms with van der Waals surface area (Å²) in [6.07, 6.45) is 0. The number of furan rings is 1. The topological polar surface area (TPSA) is 22.9 Å². The molecule has 0 saturated carbocycles. The highest BCUT2D eigenvalue weighted by Gasteiger charge is 2.24. The minimum absolute atomic E-state index is 0.865. The van der Waals surface area contributed by atoms with Gasteiger partial charge in [0.05, 0.1) is 5.69 Å². The standard InChI is InChI=1S/C54H37N3OS/c1-6-18-38(19-7-1)55(39-20-8-2-9-21-39)45-35-49(57(41-24-12-4-13-25-41)42-26-14-5-15-27-42)54-48-34-43(31-33-52(48)59-53(54)37-45)56(40-22-10-3-11-23-40)44-30-32-47-46-28-16-17-29-50(46)58-51(47)36-44/h1-37H. The van der Waals surface area contributed by atoms with E-state index in [0.29, 0.717) is 0 Å².